The van der Waals surface area contributed by atoms with E-state index >= 15 is 0 Å². The molecule has 0 bridgehead atoms. The lowest BCUT2D eigenvalue weighted by Gasteiger charge is -2.30. The minimum Gasteiger partial charge on any atom is -0.414 e. The quantitative estimate of drug-likeness (QED) is 0.344. The third-order valence-electron chi connectivity index (χ3n) is 5.96. The molecule has 0 fully saturated rings. The van der Waals surface area contributed by atoms with Crippen LogP contribution in [0, 0.1) is 0 Å². The van der Waals surface area contributed by atoms with E-state index in [2.05, 4.69) is 107 Å². The Balaban J connectivity index is 2.86. The van der Waals surface area contributed by atoms with Gasteiger partial charge in [0.05, 0.1) is 0 Å². The van der Waals surface area contributed by atoms with Gasteiger partial charge in [-0.1, -0.05) is 94.8 Å². The summed E-state index contributed by atoms with van der Waals surface area (Å²) in [5, 5.41) is 0. The zero-order chi connectivity index (χ0) is 28.7. The van der Waals surface area contributed by atoms with Gasteiger partial charge in [-0.2, -0.15) is 0 Å². The van der Waals surface area contributed by atoms with Gasteiger partial charge >= 0.3 is 10.9 Å². The van der Waals surface area contributed by atoms with E-state index in [9.17, 15) is 9.59 Å². The summed E-state index contributed by atoms with van der Waals surface area (Å²) in [6.45, 7) is 25.0. The number of halogens is 2. The molecule has 204 valence electrons. The standard InChI is InChI=1S/C30H40Cl2O4S/c1-27(2,3)19-13-17(14-20(28(4,5)6)23(19)35-25(31)33)37-18-15-21(29(7,8)9)24(36-26(32)34)22(16-18)30(10,11)12/h13-16H,1-12H3. The first-order chi connectivity index (χ1) is 16.5. The maximum absolute atomic E-state index is 11.8. The van der Waals surface area contributed by atoms with Crippen molar-refractivity contribution in [3.05, 3.63) is 46.5 Å². The molecule has 0 aliphatic heterocycles. The lowest BCUT2D eigenvalue weighted by Crippen LogP contribution is -2.21. The molecule has 4 nitrogen and oxygen atoms in total. The molecule has 0 atom stereocenters. The minimum atomic E-state index is -0.856. The average molecular weight is 568 g/mol. The molecule has 37 heavy (non-hydrogen) atoms. The maximum atomic E-state index is 11.8. The van der Waals surface area contributed by atoms with Gasteiger partial charge in [-0.15, -0.1) is 0 Å². The monoisotopic (exact) mass is 566 g/mol. The Kier molecular flexibility index (Phi) is 9.22. The number of hydrogen-bond acceptors (Lipinski definition) is 5. The van der Waals surface area contributed by atoms with Gasteiger partial charge in [-0.25, -0.2) is 9.59 Å². The molecule has 0 amide bonds. The van der Waals surface area contributed by atoms with Crippen molar-refractivity contribution >= 4 is 45.8 Å². The Morgan fingerprint density at radius 2 is 0.757 bits per heavy atom. The highest BCUT2D eigenvalue weighted by Crippen LogP contribution is 2.47. The van der Waals surface area contributed by atoms with Crippen LogP contribution in [0.25, 0.3) is 0 Å². The Hall–Kier alpha value is -1.69. The fourth-order valence-electron chi connectivity index (χ4n) is 4.07. The third kappa shape index (κ3) is 8.15. The molecule has 0 N–H and O–H groups in total. The van der Waals surface area contributed by atoms with Crippen molar-refractivity contribution in [1.29, 1.82) is 0 Å². The van der Waals surface area contributed by atoms with E-state index < -0.39 is 10.9 Å². The molecular formula is C30H40Cl2O4S. The molecule has 0 radical (unpaired) electrons. The van der Waals surface area contributed by atoms with Gasteiger partial charge in [-0.05, 0) is 45.9 Å². The molecule has 0 aliphatic rings. The van der Waals surface area contributed by atoms with Crippen LogP contribution in [0.1, 0.15) is 105 Å². The van der Waals surface area contributed by atoms with Crippen LogP contribution < -0.4 is 9.47 Å². The lowest BCUT2D eigenvalue weighted by molar-refractivity contribution is 0.222. The topological polar surface area (TPSA) is 52.6 Å². The summed E-state index contributed by atoms with van der Waals surface area (Å²) in [7, 11) is 0. The van der Waals surface area contributed by atoms with Crippen molar-refractivity contribution in [1.82, 2.24) is 0 Å². The second-order valence-corrected chi connectivity index (χ2v) is 15.2. The van der Waals surface area contributed by atoms with Crippen molar-refractivity contribution in [3.8, 4) is 11.5 Å². The second-order valence-electron chi connectivity index (χ2n) is 13.5. The van der Waals surface area contributed by atoms with Crippen molar-refractivity contribution in [2.45, 2.75) is 115 Å². The molecule has 0 heterocycles. The third-order valence-corrected chi connectivity index (χ3v) is 7.05. The van der Waals surface area contributed by atoms with E-state index in [1.54, 1.807) is 11.8 Å². The maximum Gasteiger partial charge on any atom is 0.409 e. The molecule has 0 saturated heterocycles. The van der Waals surface area contributed by atoms with E-state index in [1.807, 2.05) is 0 Å². The van der Waals surface area contributed by atoms with Gasteiger partial charge in [-0.3, -0.25) is 0 Å². The molecule has 0 saturated carbocycles. The highest BCUT2D eigenvalue weighted by atomic mass is 35.5. The van der Waals surface area contributed by atoms with Crippen LogP contribution in [0.15, 0.2) is 34.1 Å². The molecule has 0 aromatic heterocycles. The summed E-state index contributed by atoms with van der Waals surface area (Å²) in [5.41, 5.74) is 0.678. The fraction of sp³-hybridized carbons (Fsp3) is 0.533. The van der Waals surface area contributed by atoms with Gasteiger partial charge in [0, 0.05) is 55.2 Å². The van der Waals surface area contributed by atoms with E-state index in [4.69, 9.17) is 32.7 Å². The van der Waals surface area contributed by atoms with Crippen molar-refractivity contribution in [3.63, 3.8) is 0 Å². The summed E-state index contributed by atoms with van der Waals surface area (Å²) in [6.07, 6.45) is 0. The smallest absolute Gasteiger partial charge is 0.409 e. The first-order valence-electron chi connectivity index (χ1n) is 12.3. The molecule has 0 unspecified atom stereocenters. The Morgan fingerprint density at radius 3 is 0.919 bits per heavy atom. The van der Waals surface area contributed by atoms with Crippen LogP contribution in [0.3, 0.4) is 0 Å². The predicted octanol–water partition coefficient (Wildman–Crippen LogP) is 10.5. The molecule has 0 aliphatic carbocycles. The van der Waals surface area contributed by atoms with E-state index in [1.165, 1.54) is 0 Å². The number of benzene rings is 2. The highest BCUT2D eigenvalue weighted by molar-refractivity contribution is 7.99. The van der Waals surface area contributed by atoms with Gasteiger partial charge in [0.15, 0.2) is 0 Å². The largest absolute Gasteiger partial charge is 0.414 e. The first-order valence-corrected chi connectivity index (χ1v) is 13.9. The van der Waals surface area contributed by atoms with Crippen molar-refractivity contribution in [2.24, 2.45) is 0 Å². The van der Waals surface area contributed by atoms with E-state index in [0.717, 1.165) is 32.0 Å². The zero-order valence-corrected chi connectivity index (χ0v) is 26.4. The van der Waals surface area contributed by atoms with E-state index in [-0.39, 0.29) is 21.7 Å². The zero-order valence-electron chi connectivity index (χ0n) is 24.1. The number of rotatable bonds is 4. The molecule has 2 aromatic rings. The number of ether oxygens (including phenoxy) is 2. The van der Waals surface area contributed by atoms with Crippen molar-refractivity contribution in [2.75, 3.05) is 0 Å². The van der Waals surface area contributed by atoms with Gasteiger partial charge in [0.1, 0.15) is 11.5 Å². The van der Waals surface area contributed by atoms with Gasteiger partial charge in [0.25, 0.3) is 0 Å². The van der Waals surface area contributed by atoms with Crippen LogP contribution in [0.4, 0.5) is 9.59 Å². The van der Waals surface area contributed by atoms with Crippen LogP contribution in [0.2, 0.25) is 0 Å². The molecule has 7 heteroatoms. The summed E-state index contributed by atoms with van der Waals surface area (Å²) in [4.78, 5) is 25.6. The Morgan fingerprint density at radius 1 is 0.541 bits per heavy atom. The summed E-state index contributed by atoms with van der Waals surface area (Å²) >= 11 is 13.0. The van der Waals surface area contributed by atoms with Crippen LogP contribution in [-0.2, 0) is 21.7 Å². The SMILES string of the molecule is CC(C)(C)c1cc(Sc2cc(C(C)(C)C)c(OC(=O)Cl)c(C(C)(C)C)c2)cc(C(C)(C)C)c1OC(=O)Cl. The predicted molar refractivity (Wildman–Crippen MR) is 156 cm³/mol. The second kappa shape index (κ2) is 10.8. The molecule has 0 spiro atoms. The summed E-state index contributed by atoms with van der Waals surface area (Å²) in [5.74, 6) is 1.03. The van der Waals surface area contributed by atoms with Gasteiger partial charge in [0.2, 0.25) is 0 Å². The fourth-order valence-corrected chi connectivity index (χ4v) is 5.20. The lowest BCUT2D eigenvalue weighted by atomic mass is 9.79. The normalized spacial score (nSPS) is 12.9. The molecule has 2 rings (SSSR count). The number of hydrogen-bond donors (Lipinski definition) is 0. The van der Waals surface area contributed by atoms with Crippen molar-refractivity contribution < 1.29 is 19.1 Å². The highest BCUT2D eigenvalue weighted by Gasteiger charge is 2.31. The summed E-state index contributed by atoms with van der Waals surface area (Å²) in [6, 6.07) is 8.26. The van der Waals surface area contributed by atoms with Gasteiger partial charge < -0.3 is 9.47 Å². The minimum absolute atomic E-state index is 0.302. The molecular weight excluding hydrogens is 527 g/mol. The van der Waals surface area contributed by atoms with Crippen LogP contribution in [-0.4, -0.2) is 10.9 Å². The average Bonchev–Trinajstić information content (AvgIpc) is 2.65. The molecule has 2 aromatic carbocycles. The summed E-state index contributed by atoms with van der Waals surface area (Å²) < 4.78 is 11.1. The van der Waals surface area contributed by atoms with Crippen LogP contribution in [0.5, 0.6) is 11.5 Å². The Bertz CT molecular complexity index is 1030. The number of carbonyl (C=O) groups is 2. The van der Waals surface area contributed by atoms with Crippen LogP contribution >= 0.6 is 35.0 Å². The van der Waals surface area contributed by atoms with E-state index in [0.29, 0.717) is 11.5 Å². The first kappa shape index (κ1) is 31.5. The number of carbonyl (C=O) groups excluding carboxylic acids is 2. The Labute approximate surface area is 236 Å².